The van der Waals surface area contributed by atoms with Crippen molar-refractivity contribution in [1.82, 2.24) is 15.1 Å². The maximum Gasteiger partial charge on any atom is 0.0630 e. The van der Waals surface area contributed by atoms with Crippen molar-refractivity contribution in [2.75, 3.05) is 13.1 Å². The van der Waals surface area contributed by atoms with Crippen LogP contribution in [-0.2, 0) is 13.5 Å². The van der Waals surface area contributed by atoms with Gasteiger partial charge in [0.25, 0.3) is 0 Å². The summed E-state index contributed by atoms with van der Waals surface area (Å²) in [5.41, 5.74) is 1.52. The zero-order chi connectivity index (χ0) is 12.0. The highest BCUT2D eigenvalue weighted by atomic mass is 15.2. The van der Waals surface area contributed by atoms with Crippen molar-refractivity contribution in [2.24, 2.45) is 12.5 Å². The van der Waals surface area contributed by atoms with E-state index < -0.39 is 0 Å². The van der Waals surface area contributed by atoms with Gasteiger partial charge in [-0.25, -0.2) is 0 Å². The van der Waals surface area contributed by atoms with E-state index in [0.717, 1.165) is 19.5 Å². The van der Waals surface area contributed by atoms with Crippen LogP contribution in [0.1, 0.15) is 39.3 Å². The molecular weight excluding hydrogens is 198 g/mol. The largest absolute Gasteiger partial charge is 0.316 e. The Morgan fingerprint density at radius 2 is 2.19 bits per heavy atom. The van der Waals surface area contributed by atoms with Gasteiger partial charge in [-0.05, 0) is 37.3 Å². The summed E-state index contributed by atoms with van der Waals surface area (Å²) in [4.78, 5) is 0. The van der Waals surface area contributed by atoms with Gasteiger partial charge in [0.2, 0.25) is 0 Å². The van der Waals surface area contributed by atoms with Crippen LogP contribution in [0.2, 0.25) is 0 Å². The molecule has 0 aliphatic heterocycles. The Kier molecular flexibility index (Phi) is 5.00. The normalized spacial score (nSPS) is 15.0. The number of aromatic nitrogens is 2. The fourth-order valence-electron chi connectivity index (χ4n) is 1.87. The maximum atomic E-state index is 4.46. The van der Waals surface area contributed by atoms with Gasteiger partial charge in [0.1, 0.15) is 0 Å². The fraction of sp³-hybridized carbons (Fsp3) is 0.769. The predicted molar refractivity (Wildman–Crippen MR) is 68.5 cm³/mol. The van der Waals surface area contributed by atoms with Crippen molar-refractivity contribution in [2.45, 2.75) is 40.0 Å². The lowest BCUT2D eigenvalue weighted by Crippen LogP contribution is -2.33. The van der Waals surface area contributed by atoms with E-state index >= 15 is 0 Å². The van der Waals surface area contributed by atoms with Gasteiger partial charge in [-0.2, -0.15) is 5.10 Å². The van der Waals surface area contributed by atoms with Gasteiger partial charge < -0.3 is 5.32 Å². The van der Waals surface area contributed by atoms with E-state index in [1.807, 2.05) is 17.9 Å². The zero-order valence-corrected chi connectivity index (χ0v) is 11.1. The molecule has 3 nitrogen and oxygen atoms in total. The van der Waals surface area contributed by atoms with Gasteiger partial charge in [0.15, 0.2) is 0 Å². The number of nitrogens with zero attached hydrogens (tertiary/aromatic N) is 2. The lowest BCUT2D eigenvalue weighted by molar-refractivity contribution is 0.287. The van der Waals surface area contributed by atoms with Gasteiger partial charge in [0, 0.05) is 19.8 Å². The van der Waals surface area contributed by atoms with Crippen molar-refractivity contribution < 1.29 is 0 Å². The second kappa shape index (κ2) is 6.04. The molecule has 0 radical (unpaired) electrons. The molecule has 0 saturated heterocycles. The number of aryl methyl sites for hydroxylation is 1. The summed E-state index contributed by atoms with van der Waals surface area (Å²) < 4.78 is 1.88. The number of hydrogen-bond donors (Lipinski definition) is 1. The molecule has 0 fully saturated rings. The molecule has 0 aliphatic rings. The molecule has 1 rings (SSSR count). The molecule has 1 aromatic heterocycles. The van der Waals surface area contributed by atoms with E-state index in [0.29, 0.717) is 5.41 Å². The molecule has 0 aliphatic carbocycles. The van der Waals surface area contributed by atoms with Crippen LogP contribution in [0.4, 0.5) is 0 Å². The molecule has 0 bridgehead atoms. The monoisotopic (exact) mass is 223 g/mol. The molecule has 16 heavy (non-hydrogen) atoms. The third kappa shape index (κ3) is 3.97. The van der Waals surface area contributed by atoms with E-state index in [4.69, 9.17) is 0 Å². The maximum absolute atomic E-state index is 4.46. The highest BCUT2D eigenvalue weighted by Gasteiger charge is 2.23. The number of rotatable bonds is 7. The topological polar surface area (TPSA) is 29.9 Å². The first kappa shape index (κ1) is 13.2. The Morgan fingerprint density at radius 3 is 2.69 bits per heavy atom. The summed E-state index contributed by atoms with van der Waals surface area (Å²) in [6, 6.07) is 2.12. The lowest BCUT2D eigenvalue weighted by atomic mass is 9.82. The first-order valence-electron chi connectivity index (χ1n) is 6.29. The third-order valence-electron chi connectivity index (χ3n) is 3.21. The van der Waals surface area contributed by atoms with Crippen LogP contribution >= 0.6 is 0 Å². The molecule has 3 heteroatoms. The van der Waals surface area contributed by atoms with E-state index in [1.165, 1.54) is 18.5 Å². The van der Waals surface area contributed by atoms with Gasteiger partial charge >= 0.3 is 0 Å². The van der Waals surface area contributed by atoms with Gasteiger partial charge in [-0.15, -0.1) is 0 Å². The Bertz CT molecular complexity index is 306. The third-order valence-corrected chi connectivity index (χ3v) is 3.21. The Morgan fingerprint density at radius 1 is 1.44 bits per heavy atom. The van der Waals surface area contributed by atoms with Crippen molar-refractivity contribution in [1.29, 1.82) is 0 Å². The Hall–Kier alpha value is -0.830. The zero-order valence-electron chi connectivity index (χ0n) is 11.1. The second-order valence-corrected chi connectivity index (χ2v) is 5.00. The first-order chi connectivity index (χ1) is 7.59. The summed E-state index contributed by atoms with van der Waals surface area (Å²) in [6.07, 6.45) is 5.45. The van der Waals surface area contributed by atoms with Crippen LogP contribution in [-0.4, -0.2) is 22.9 Å². The van der Waals surface area contributed by atoms with Gasteiger partial charge in [-0.1, -0.05) is 20.8 Å². The van der Waals surface area contributed by atoms with Gasteiger partial charge in [-0.3, -0.25) is 4.68 Å². The molecule has 92 valence electrons. The van der Waals surface area contributed by atoms with Crippen LogP contribution in [0.3, 0.4) is 0 Å². The SMILES string of the molecule is CCCNCC(C)(CC)Cc1ccn(C)n1. The molecule has 1 N–H and O–H groups in total. The van der Waals surface area contributed by atoms with Crippen LogP contribution < -0.4 is 5.32 Å². The minimum atomic E-state index is 0.323. The van der Waals surface area contributed by atoms with Crippen molar-refractivity contribution in [3.8, 4) is 0 Å². The Balaban J connectivity index is 2.51. The fourth-order valence-corrected chi connectivity index (χ4v) is 1.87. The van der Waals surface area contributed by atoms with E-state index in [2.05, 4.69) is 37.3 Å². The van der Waals surface area contributed by atoms with Crippen molar-refractivity contribution in [3.63, 3.8) is 0 Å². The number of hydrogen-bond acceptors (Lipinski definition) is 2. The van der Waals surface area contributed by atoms with Crippen molar-refractivity contribution in [3.05, 3.63) is 18.0 Å². The van der Waals surface area contributed by atoms with Crippen molar-refractivity contribution >= 4 is 0 Å². The first-order valence-corrected chi connectivity index (χ1v) is 6.29. The summed E-state index contributed by atoms with van der Waals surface area (Å²) in [5, 5.41) is 7.98. The van der Waals surface area contributed by atoms with E-state index in [-0.39, 0.29) is 0 Å². The van der Waals surface area contributed by atoms with E-state index in [9.17, 15) is 0 Å². The Labute approximate surface area is 99.2 Å². The molecule has 1 heterocycles. The van der Waals surface area contributed by atoms with Gasteiger partial charge in [0.05, 0.1) is 5.69 Å². The molecule has 0 amide bonds. The molecular formula is C13H25N3. The highest BCUT2D eigenvalue weighted by Crippen LogP contribution is 2.24. The average molecular weight is 223 g/mol. The van der Waals surface area contributed by atoms with Crippen LogP contribution in [0, 0.1) is 5.41 Å². The second-order valence-electron chi connectivity index (χ2n) is 5.00. The summed E-state index contributed by atoms with van der Waals surface area (Å²) >= 11 is 0. The van der Waals surface area contributed by atoms with Crippen LogP contribution in [0.15, 0.2) is 12.3 Å². The molecule has 1 aromatic rings. The molecule has 0 aromatic carbocycles. The molecule has 0 spiro atoms. The number of nitrogens with one attached hydrogen (secondary N) is 1. The predicted octanol–water partition coefficient (Wildman–Crippen LogP) is 2.38. The average Bonchev–Trinajstić information content (AvgIpc) is 2.64. The molecule has 1 unspecified atom stereocenters. The van der Waals surface area contributed by atoms with Crippen LogP contribution in [0.25, 0.3) is 0 Å². The van der Waals surface area contributed by atoms with Crippen LogP contribution in [0.5, 0.6) is 0 Å². The standard InChI is InChI=1S/C13H25N3/c1-5-8-14-11-13(3,6-2)10-12-7-9-16(4)15-12/h7,9,14H,5-6,8,10-11H2,1-4H3. The molecule has 0 saturated carbocycles. The lowest BCUT2D eigenvalue weighted by Gasteiger charge is -2.27. The van der Waals surface area contributed by atoms with E-state index in [1.54, 1.807) is 0 Å². The quantitative estimate of drug-likeness (QED) is 0.719. The summed E-state index contributed by atoms with van der Waals surface area (Å²) in [6.45, 7) is 8.99. The smallest absolute Gasteiger partial charge is 0.0630 e. The minimum absolute atomic E-state index is 0.323. The summed E-state index contributed by atoms with van der Waals surface area (Å²) in [5.74, 6) is 0. The summed E-state index contributed by atoms with van der Waals surface area (Å²) in [7, 11) is 1.97. The highest BCUT2D eigenvalue weighted by molar-refractivity contribution is 5.02. The molecule has 1 atom stereocenters. The minimum Gasteiger partial charge on any atom is -0.316 e.